The predicted octanol–water partition coefficient (Wildman–Crippen LogP) is 1.12. The Morgan fingerprint density at radius 1 is 1.30 bits per heavy atom. The van der Waals surface area contributed by atoms with E-state index in [4.69, 9.17) is 5.73 Å². The van der Waals surface area contributed by atoms with Crippen LogP contribution in [0.15, 0.2) is 29.3 Å². The second-order valence-corrected chi connectivity index (χ2v) is 5.44. The summed E-state index contributed by atoms with van der Waals surface area (Å²) in [6.07, 6.45) is 0. The van der Waals surface area contributed by atoms with Crippen molar-refractivity contribution in [2.24, 2.45) is 16.6 Å². The van der Waals surface area contributed by atoms with Crippen LogP contribution in [0.1, 0.15) is 30.9 Å². The van der Waals surface area contributed by atoms with E-state index in [-0.39, 0.29) is 17.7 Å². The van der Waals surface area contributed by atoms with E-state index in [2.05, 4.69) is 10.3 Å². The molecular weight excluding hydrogens is 254 g/mol. The van der Waals surface area contributed by atoms with Crippen LogP contribution < -0.4 is 11.1 Å². The zero-order valence-corrected chi connectivity index (χ0v) is 11.9. The average Bonchev–Trinajstić information content (AvgIpc) is 2.36. The summed E-state index contributed by atoms with van der Waals surface area (Å²) >= 11 is 0. The third kappa shape index (κ3) is 2.77. The van der Waals surface area contributed by atoms with Gasteiger partial charge in [0.2, 0.25) is 5.91 Å². The van der Waals surface area contributed by atoms with Crippen molar-refractivity contribution in [2.45, 2.75) is 32.7 Å². The first-order valence-corrected chi connectivity index (χ1v) is 6.65. The quantitative estimate of drug-likeness (QED) is 0.809. The molecule has 1 aliphatic rings. The van der Waals surface area contributed by atoms with Gasteiger partial charge in [-0.15, -0.1) is 0 Å². The minimum atomic E-state index is -0.877. The number of carbonyl (C=O) groups excluding carboxylic acids is 2. The summed E-state index contributed by atoms with van der Waals surface area (Å²) in [5.41, 5.74) is 7.58. The fraction of sp³-hybridized carbons (Fsp3) is 0.400. The van der Waals surface area contributed by atoms with Crippen LogP contribution in [-0.2, 0) is 9.59 Å². The summed E-state index contributed by atoms with van der Waals surface area (Å²) < 4.78 is 0. The molecule has 5 nitrogen and oxygen atoms in total. The predicted molar refractivity (Wildman–Crippen MR) is 77.3 cm³/mol. The number of hydrogen-bond acceptors (Lipinski definition) is 3. The number of amides is 2. The maximum absolute atomic E-state index is 12.2. The van der Waals surface area contributed by atoms with E-state index in [0.29, 0.717) is 5.56 Å². The van der Waals surface area contributed by atoms with Crippen molar-refractivity contribution in [2.75, 3.05) is 0 Å². The molecule has 0 spiro atoms. The Labute approximate surface area is 118 Å². The van der Waals surface area contributed by atoms with E-state index < -0.39 is 17.9 Å². The number of nitrogens with one attached hydrogen (secondary N) is 1. The smallest absolute Gasteiger partial charge is 0.264 e. The number of hydrogen-bond donors (Lipinski definition) is 2. The van der Waals surface area contributed by atoms with Gasteiger partial charge in [-0.25, -0.2) is 0 Å². The highest BCUT2D eigenvalue weighted by Gasteiger charge is 2.35. The summed E-state index contributed by atoms with van der Waals surface area (Å²) in [6, 6.07) is 6.88. The van der Waals surface area contributed by atoms with E-state index in [9.17, 15) is 9.59 Å². The minimum absolute atomic E-state index is 0.0948. The fourth-order valence-corrected chi connectivity index (χ4v) is 2.14. The van der Waals surface area contributed by atoms with Crippen LogP contribution >= 0.6 is 0 Å². The van der Waals surface area contributed by atoms with E-state index in [1.165, 1.54) is 0 Å². The molecule has 0 aliphatic carbocycles. The van der Waals surface area contributed by atoms with Crippen molar-refractivity contribution >= 4 is 17.6 Å². The fourth-order valence-electron chi connectivity index (χ4n) is 2.14. The van der Waals surface area contributed by atoms with Crippen LogP contribution in [0.5, 0.6) is 0 Å². The van der Waals surface area contributed by atoms with Crippen molar-refractivity contribution in [1.29, 1.82) is 0 Å². The molecule has 2 rings (SSSR count). The number of aryl methyl sites for hydroxylation is 1. The van der Waals surface area contributed by atoms with Crippen LogP contribution in [0.2, 0.25) is 0 Å². The molecule has 2 unspecified atom stereocenters. The SMILES string of the molecule is Cc1cccc(C2C(=O)N=C(C(N)C(C)C)NC2=O)c1. The topological polar surface area (TPSA) is 84.6 Å². The molecule has 1 aliphatic heterocycles. The highest BCUT2D eigenvalue weighted by atomic mass is 16.2. The lowest BCUT2D eigenvalue weighted by Gasteiger charge is -2.25. The Morgan fingerprint density at radius 2 is 2.00 bits per heavy atom. The molecule has 0 saturated heterocycles. The molecule has 3 N–H and O–H groups in total. The number of benzene rings is 1. The number of carbonyl (C=O) groups is 2. The van der Waals surface area contributed by atoms with Crippen molar-refractivity contribution in [3.63, 3.8) is 0 Å². The van der Waals surface area contributed by atoms with Crippen molar-refractivity contribution in [3.8, 4) is 0 Å². The van der Waals surface area contributed by atoms with E-state index in [0.717, 1.165) is 5.56 Å². The van der Waals surface area contributed by atoms with Gasteiger partial charge in [0, 0.05) is 0 Å². The maximum Gasteiger partial charge on any atom is 0.264 e. The van der Waals surface area contributed by atoms with Gasteiger partial charge in [-0.1, -0.05) is 43.7 Å². The lowest BCUT2D eigenvalue weighted by Crippen LogP contribution is -2.52. The molecule has 106 valence electrons. The van der Waals surface area contributed by atoms with Gasteiger partial charge >= 0.3 is 0 Å². The molecule has 0 bridgehead atoms. The molecule has 5 heteroatoms. The zero-order chi connectivity index (χ0) is 14.9. The van der Waals surface area contributed by atoms with Gasteiger partial charge in [-0.2, -0.15) is 4.99 Å². The molecule has 0 saturated carbocycles. The second-order valence-electron chi connectivity index (χ2n) is 5.44. The summed E-state index contributed by atoms with van der Waals surface area (Å²) in [7, 11) is 0. The van der Waals surface area contributed by atoms with Gasteiger partial charge in [0.1, 0.15) is 11.8 Å². The Balaban J connectivity index is 2.32. The first kappa shape index (κ1) is 14.4. The third-order valence-corrected chi connectivity index (χ3v) is 3.40. The Morgan fingerprint density at radius 3 is 2.55 bits per heavy atom. The molecular formula is C15H19N3O2. The van der Waals surface area contributed by atoms with Crippen LogP contribution in [-0.4, -0.2) is 23.7 Å². The van der Waals surface area contributed by atoms with Crippen LogP contribution in [0.25, 0.3) is 0 Å². The standard InChI is InChI=1S/C15H19N3O2/c1-8(2)12(16)13-17-14(19)11(15(20)18-13)10-6-4-5-9(3)7-10/h4-8,11-12H,16H2,1-3H3,(H,17,18,19,20). The normalized spacial score (nSPS) is 20.6. The van der Waals surface area contributed by atoms with Crippen LogP contribution in [0.3, 0.4) is 0 Å². The summed E-state index contributed by atoms with van der Waals surface area (Å²) in [6.45, 7) is 5.74. The molecule has 2 atom stereocenters. The van der Waals surface area contributed by atoms with E-state index in [1.54, 1.807) is 6.07 Å². The second kappa shape index (κ2) is 5.54. The third-order valence-electron chi connectivity index (χ3n) is 3.40. The number of rotatable bonds is 3. The highest BCUT2D eigenvalue weighted by Crippen LogP contribution is 2.22. The molecule has 0 aromatic heterocycles. The summed E-state index contributed by atoms with van der Waals surface area (Å²) in [4.78, 5) is 28.3. The molecule has 2 amide bonds. The van der Waals surface area contributed by atoms with Gasteiger partial charge in [0.15, 0.2) is 0 Å². The largest absolute Gasteiger partial charge is 0.321 e. The molecule has 0 radical (unpaired) electrons. The Kier molecular flexibility index (Phi) is 3.99. The van der Waals surface area contributed by atoms with Crippen molar-refractivity contribution in [1.82, 2.24) is 5.32 Å². The summed E-state index contributed by atoms with van der Waals surface area (Å²) in [5, 5.41) is 2.66. The molecule has 0 fully saturated rings. The van der Waals surface area contributed by atoms with Gasteiger partial charge in [0.05, 0.1) is 6.04 Å². The lowest BCUT2D eigenvalue weighted by molar-refractivity contribution is -0.129. The zero-order valence-electron chi connectivity index (χ0n) is 11.9. The monoisotopic (exact) mass is 273 g/mol. The molecule has 1 aromatic carbocycles. The number of nitrogens with zero attached hydrogens (tertiary/aromatic N) is 1. The molecule has 1 heterocycles. The number of amidine groups is 1. The molecule has 20 heavy (non-hydrogen) atoms. The van der Waals surface area contributed by atoms with Crippen LogP contribution in [0, 0.1) is 12.8 Å². The molecule has 1 aromatic rings. The van der Waals surface area contributed by atoms with E-state index >= 15 is 0 Å². The van der Waals surface area contributed by atoms with Gasteiger partial charge < -0.3 is 11.1 Å². The van der Waals surface area contributed by atoms with Gasteiger partial charge in [0.25, 0.3) is 5.91 Å². The van der Waals surface area contributed by atoms with Crippen LogP contribution in [0.4, 0.5) is 0 Å². The maximum atomic E-state index is 12.2. The van der Waals surface area contributed by atoms with Crippen molar-refractivity contribution in [3.05, 3.63) is 35.4 Å². The number of nitrogens with two attached hydrogens (primary N) is 1. The average molecular weight is 273 g/mol. The first-order chi connectivity index (χ1) is 9.40. The number of aliphatic imine (C=N–C) groups is 1. The first-order valence-electron chi connectivity index (χ1n) is 6.65. The Bertz CT molecular complexity index is 578. The highest BCUT2D eigenvalue weighted by molar-refractivity contribution is 6.20. The van der Waals surface area contributed by atoms with Crippen molar-refractivity contribution < 1.29 is 9.59 Å². The van der Waals surface area contributed by atoms with Gasteiger partial charge in [-0.05, 0) is 18.4 Å². The lowest BCUT2D eigenvalue weighted by atomic mass is 9.93. The van der Waals surface area contributed by atoms with E-state index in [1.807, 2.05) is 39.0 Å². The summed E-state index contributed by atoms with van der Waals surface area (Å²) in [5.74, 6) is -1.33. The Hall–Kier alpha value is -2.01. The van der Waals surface area contributed by atoms with Gasteiger partial charge in [-0.3, -0.25) is 9.59 Å². The minimum Gasteiger partial charge on any atom is -0.321 e.